The average Bonchev–Trinajstić information content (AvgIpc) is 3.19. The van der Waals surface area contributed by atoms with E-state index in [0.29, 0.717) is 0 Å². The molecule has 0 aliphatic heterocycles. The summed E-state index contributed by atoms with van der Waals surface area (Å²) in [5.41, 5.74) is 0. The van der Waals surface area contributed by atoms with Crippen LogP contribution in [0.3, 0.4) is 0 Å². The van der Waals surface area contributed by atoms with Crippen molar-refractivity contribution in [3.05, 3.63) is 228 Å². The summed E-state index contributed by atoms with van der Waals surface area (Å²) in [7, 11) is -1.14. The van der Waals surface area contributed by atoms with E-state index >= 15 is 0 Å². The zero-order valence-electron chi connectivity index (χ0n) is 28.4. The Balaban J connectivity index is 0.000000219. The first kappa shape index (κ1) is 40.5. The van der Waals surface area contributed by atoms with Crippen LogP contribution in [-0.2, 0) is 22.4 Å². The molecule has 7 rings (SSSR count). The molecule has 4 nitrogen and oxygen atoms in total. The van der Waals surface area contributed by atoms with Gasteiger partial charge in [-0.15, -0.1) is 0 Å². The summed E-state index contributed by atoms with van der Waals surface area (Å²) in [5.74, 6) is 0. The molecule has 0 radical (unpaired) electrons. The van der Waals surface area contributed by atoms with E-state index < -0.39 is 13.0 Å². The van der Waals surface area contributed by atoms with Gasteiger partial charge in [0.25, 0.3) is 0 Å². The summed E-state index contributed by atoms with van der Waals surface area (Å²) in [6, 6.07) is 76.5. The van der Waals surface area contributed by atoms with Crippen molar-refractivity contribution in [3.8, 4) is 0 Å². The summed E-state index contributed by atoms with van der Waals surface area (Å²) in [6.07, 6.45) is 2.41. The summed E-state index contributed by atoms with van der Waals surface area (Å²) in [4.78, 5) is 8.25. The van der Waals surface area contributed by atoms with Crippen molar-refractivity contribution in [1.82, 2.24) is 0 Å². The minimum Gasteiger partial charge on any atom is -0.356 e. The zero-order valence-corrected chi connectivity index (χ0v) is 33.3. The Kier molecular flexibility index (Phi) is 17.7. The predicted octanol–water partition coefficient (Wildman–Crippen LogP) is 8.46. The van der Waals surface area contributed by atoms with Gasteiger partial charge >= 0.3 is 22.4 Å². The second-order valence-electron chi connectivity index (χ2n) is 11.2. The third kappa shape index (κ3) is 12.8. The van der Waals surface area contributed by atoms with Crippen LogP contribution in [0.1, 0.15) is 0 Å². The molecule has 0 atom stereocenters. The molecular weight excluding hydrogens is 880 g/mol. The van der Waals surface area contributed by atoms with E-state index in [1.807, 2.05) is 0 Å². The molecule has 0 aliphatic carbocycles. The molecule has 0 fully saturated rings. The molecule has 52 heavy (non-hydrogen) atoms. The smallest absolute Gasteiger partial charge is 0.356 e. The van der Waals surface area contributed by atoms with Crippen molar-refractivity contribution in [2.45, 2.75) is 0 Å². The first-order chi connectivity index (χ1) is 25.1. The Morgan fingerprint density at radius 1 is 0.327 bits per heavy atom. The van der Waals surface area contributed by atoms with Gasteiger partial charge in [-0.05, 0) is 73.2 Å². The first-order valence-electron chi connectivity index (χ1n) is 16.6. The fourth-order valence-electron chi connectivity index (χ4n) is 5.62. The van der Waals surface area contributed by atoms with Gasteiger partial charge in [0, 0.05) is 0 Å². The molecule has 264 valence electrons. The number of nitrogens with zero attached hydrogens (tertiary/aromatic N) is 1. The van der Waals surface area contributed by atoms with Crippen LogP contribution in [-0.4, -0.2) is 17.4 Å². The molecule has 0 unspecified atom stereocenters. The maximum Gasteiger partial charge on any atom is 1.00 e. The molecule has 0 aliphatic rings. The molecule has 0 spiro atoms. The number of rotatable bonds is 10. The van der Waals surface area contributed by atoms with E-state index in [2.05, 4.69) is 212 Å². The maximum absolute atomic E-state index is 8.25. The monoisotopic (exact) mass is 919 g/mol. The van der Waals surface area contributed by atoms with E-state index in [4.69, 9.17) is 15.3 Å². The Bertz CT molecular complexity index is 1720. The fraction of sp³-hybridized carbons (Fsp3) is 0.0455. The van der Waals surface area contributed by atoms with Gasteiger partial charge in [-0.2, -0.15) is 0 Å². The SMILES string of the molecule is O=[N+]([O-])[O-].[Au+].c1ccc(P(CCP(c2ccccc2)c2ccccc2)c2ccccc2)cc1.c1ccc(P(c2ccccc2)c2ccccc2)cc1. The third-order valence-corrected chi connectivity index (χ3v) is 15.7. The summed E-state index contributed by atoms with van der Waals surface area (Å²) in [6.45, 7) is 0. The molecule has 0 bridgehead atoms. The van der Waals surface area contributed by atoms with Crippen molar-refractivity contribution in [1.29, 1.82) is 0 Å². The van der Waals surface area contributed by atoms with Crippen molar-refractivity contribution >= 4 is 60.9 Å². The summed E-state index contributed by atoms with van der Waals surface area (Å²) in [5, 5.41) is 24.8. The van der Waals surface area contributed by atoms with E-state index in [9.17, 15) is 0 Å². The van der Waals surface area contributed by atoms with Crippen LogP contribution in [0.2, 0.25) is 0 Å². The van der Waals surface area contributed by atoms with Gasteiger partial charge in [-0.25, -0.2) is 0 Å². The van der Waals surface area contributed by atoms with Crippen molar-refractivity contribution in [2.24, 2.45) is 0 Å². The van der Waals surface area contributed by atoms with E-state index in [-0.39, 0.29) is 38.2 Å². The molecule has 0 aromatic heterocycles. The largest absolute Gasteiger partial charge is 1.00 e. The first-order valence-corrected chi connectivity index (χ1v) is 21.0. The molecule has 0 amide bonds. The second-order valence-corrected chi connectivity index (χ2v) is 18.1. The molecule has 7 aromatic carbocycles. The van der Waals surface area contributed by atoms with Gasteiger partial charge in [0.15, 0.2) is 0 Å². The molecule has 8 heteroatoms. The quantitative estimate of drug-likeness (QED) is 0.0599. The topological polar surface area (TPSA) is 66.2 Å². The maximum atomic E-state index is 8.25. The van der Waals surface area contributed by atoms with Crippen molar-refractivity contribution in [2.75, 3.05) is 12.3 Å². The van der Waals surface area contributed by atoms with Gasteiger partial charge in [-0.1, -0.05) is 212 Å². The Hall–Kier alpha value is -4.23. The van der Waals surface area contributed by atoms with E-state index in [1.54, 1.807) is 0 Å². The minimum absolute atomic E-state index is 0. The van der Waals surface area contributed by atoms with Crippen LogP contribution < -0.4 is 37.1 Å². The number of benzene rings is 7. The molecular formula is C44H39AuNO3P3. The summed E-state index contributed by atoms with van der Waals surface area (Å²) >= 11 is 0. The fourth-order valence-corrected chi connectivity index (χ4v) is 13.3. The normalized spacial score (nSPS) is 10.3. The minimum atomic E-state index is -1.75. The van der Waals surface area contributed by atoms with Gasteiger partial charge in [0.2, 0.25) is 0 Å². The van der Waals surface area contributed by atoms with Gasteiger partial charge in [0.05, 0.1) is 5.09 Å². The number of hydrogen-bond donors (Lipinski definition) is 0. The zero-order chi connectivity index (χ0) is 35.5. The second kappa shape index (κ2) is 22.7. The number of hydrogen-bond acceptors (Lipinski definition) is 3. The third-order valence-electron chi connectivity index (χ3n) is 7.86. The van der Waals surface area contributed by atoms with Gasteiger partial charge in [-0.3, -0.25) is 0 Å². The van der Waals surface area contributed by atoms with Crippen LogP contribution in [0.25, 0.3) is 0 Å². The molecule has 0 heterocycles. The van der Waals surface area contributed by atoms with Crippen molar-refractivity contribution < 1.29 is 27.5 Å². The van der Waals surface area contributed by atoms with Crippen LogP contribution in [0, 0.1) is 15.3 Å². The Labute approximate surface area is 326 Å². The van der Waals surface area contributed by atoms with Crippen LogP contribution in [0.5, 0.6) is 0 Å². The molecule has 7 aromatic rings. The Morgan fingerprint density at radius 2 is 0.481 bits per heavy atom. The molecule has 0 saturated heterocycles. The predicted molar refractivity (Wildman–Crippen MR) is 223 cm³/mol. The Morgan fingerprint density at radius 3 is 0.654 bits per heavy atom. The van der Waals surface area contributed by atoms with Crippen LogP contribution >= 0.6 is 23.8 Å². The standard InChI is InChI=1S/C26H24P2.C18H15P.Au.NO3/c1-5-13-23(14-6-1)27(24-15-7-2-8-16-24)21-22-28(25-17-9-3-10-18-25)26-19-11-4-12-20-26;1-4-10-16(11-5-1)19(17-12-6-2-7-13-17)18-14-8-3-9-15-18;;2-1(3)4/h1-20H,21-22H2;1-15H;;/q;;+1;-1. The average molecular weight is 920 g/mol. The summed E-state index contributed by atoms with van der Waals surface area (Å²) < 4.78 is 0. The molecule has 0 saturated carbocycles. The van der Waals surface area contributed by atoms with Gasteiger partial charge in [0.1, 0.15) is 0 Å². The van der Waals surface area contributed by atoms with Crippen LogP contribution in [0.4, 0.5) is 0 Å². The van der Waals surface area contributed by atoms with Crippen molar-refractivity contribution in [3.63, 3.8) is 0 Å². The van der Waals surface area contributed by atoms with E-state index in [0.717, 1.165) is 0 Å². The van der Waals surface area contributed by atoms with E-state index in [1.165, 1.54) is 49.5 Å². The van der Waals surface area contributed by atoms with Crippen LogP contribution in [0.15, 0.2) is 212 Å². The van der Waals surface area contributed by atoms with Gasteiger partial charge < -0.3 is 15.3 Å². The molecule has 0 N–H and O–H groups in total.